The van der Waals surface area contributed by atoms with Crippen LogP contribution >= 0.6 is 0 Å². The van der Waals surface area contributed by atoms with Gasteiger partial charge in [0.15, 0.2) is 0 Å². The van der Waals surface area contributed by atoms with Gasteiger partial charge in [-0.3, -0.25) is 14.3 Å². The van der Waals surface area contributed by atoms with Gasteiger partial charge in [-0.25, -0.2) is 4.98 Å². The summed E-state index contributed by atoms with van der Waals surface area (Å²) >= 11 is 0. The molecule has 0 radical (unpaired) electrons. The molecule has 0 saturated heterocycles. The number of pyridine rings is 1. The van der Waals surface area contributed by atoms with E-state index in [-0.39, 0.29) is 12.1 Å². The van der Waals surface area contributed by atoms with Crippen LogP contribution in [0.25, 0.3) is 17.5 Å². The van der Waals surface area contributed by atoms with Crippen molar-refractivity contribution in [2.45, 2.75) is 46.1 Å². The lowest BCUT2D eigenvalue weighted by molar-refractivity contribution is 0.683. The van der Waals surface area contributed by atoms with E-state index in [2.05, 4.69) is 59.2 Å². The molecule has 2 heterocycles. The molecule has 0 aliphatic rings. The van der Waals surface area contributed by atoms with Crippen LogP contribution in [0.1, 0.15) is 48.9 Å². The van der Waals surface area contributed by atoms with Gasteiger partial charge in [0.05, 0.1) is 24.4 Å². The highest BCUT2D eigenvalue weighted by Crippen LogP contribution is 2.18. The van der Waals surface area contributed by atoms with Crippen molar-refractivity contribution in [3.05, 3.63) is 130 Å². The molecule has 7 nitrogen and oxygen atoms in total. The van der Waals surface area contributed by atoms with Crippen LogP contribution in [-0.4, -0.2) is 27.6 Å². The van der Waals surface area contributed by atoms with Crippen molar-refractivity contribution in [1.82, 2.24) is 19.9 Å². The van der Waals surface area contributed by atoms with Crippen molar-refractivity contribution in [2.75, 3.05) is 18.4 Å². The highest BCUT2D eigenvalue weighted by molar-refractivity contribution is 5.57. The molecule has 0 aliphatic carbocycles. The van der Waals surface area contributed by atoms with Gasteiger partial charge in [-0.1, -0.05) is 74.0 Å². The number of allylic oxidation sites excluding steroid dienone is 1. The van der Waals surface area contributed by atoms with Crippen LogP contribution < -0.4 is 16.2 Å². The molecule has 42 heavy (non-hydrogen) atoms. The molecule has 7 heteroatoms. The lowest BCUT2D eigenvalue weighted by Gasteiger charge is -2.17. The second-order valence-corrected chi connectivity index (χ2v) is 10.4. The van der Waals surface area contributed by atoms with Crippen LogP contribution in [0, 0.1) is 11.3 Å². The Hall–Kier alpha value is -4.96. The number of aromatic nitrogens is 3. The Balaban J connectivity index is 1.44. The first kappa shape index (κ1) is 30.0. The summed E-state index contributed by atoms with van der Waals surface area (Å²) in [6.45, 7) is 10.00. The number of anilines is 1. The number of nitrogens with one attached hydrogen (secondary N) is 2. The Labute approximate surface area is 248 Å². The second-order valence-electron chi connectivity index (χ2n) is 10.4. The summed E-state index contributed by atoms with van der Waals surface area (Å²) in [6, 6.07) is 21.5. The summed E-state index contributed by atoms with van der Waals surface area (Å²) < 4.78 is 1.67. The fourth-order valence-electron chi connectivity index (χ4n) is 4.73. The topological polar surface area (TPSA) is 95.6 Å². The van der Waals surface area contributed by atoms with Crippen molar-refractivity contribution in [2.24, 2.45) is 0 Å². The van der Waals surface area contributed by atoms with Gasteiger partial charge in [0.25, 0.3) is 5.56 Å². The van der Waals surface area contributed by atoms with Crippen molar-refractivity contribution >= 4 is 11.8 Å². The Bertz CT molecular complexity index is 1610. The average molecular weight is 559 g/mol. The minimum atomic E-state index is -0.142. The van der Waals surface area contributed by atoms with Crippen molar-refractivity contribution in [3.63, 3.8) is 0 Å². The second kappa shape index (κ2) is 15.2. The molecular formula is C35H38N6O. The quantitative estimate of drug-likeness (QED) is 0.174. The number of aryl methyl sites for hydroxylation is 2. The maximum Gasteiger partial charge on any atom is 0.277 e. The van der Waals surface area contributed by atoms with Gasteiger partial charge < -0.3 is 10.6 Å². The highest BCUT2D eigenvalue weighted by atomic mass is 16.1. The molecule has 0 amide bonds. The maximum atomic E-state index is 13.7. The van der Waals surface area contributed by atoms with E-state index in [1.165, 1.54) is 5.56 Å². The molecule has 214 valence electrons. The summed E-state index contributed by atoms with van der Waals surface area (Å²) in [5.41, 5.74) is 7.28. The minimum Gasteiger partial charge on any atom is -0.384 e. The van der Waals surface area contributed by atoms with E-state index in [1.807, 2.05) is 67.0 Å². The lowest BCUT2D eigenvalue weighted by atomic mass is 10.0. The molecule has 0 bridgehead atoms. The van der Waals surface area contributed by atoms with Gasteiger partial charge in [0, 0.05) is 36.7 Å². The zero-order valence-electron chi connectivity index (χ0n) is 24.4. The fraction of sp³-hybridized carbons (Fsp3) is 0.257. The van der Waals surface area contributed by atoms with Crippen molar-refractivity contribution < 1.29 is 0 Å². The van der Waals surface area contributed by atoms with Crippen molar-refractivity contribution in [3.8, 4) is 17.5 Å². The standard InChI is InChI=1S/C35H38N6O/c1-4-9-30-17-19-37-23-32(30)20-26(2)22-39-27(3)25-41-34(31-11-6-5-7-12-31)40-24-33(35(41)42)38-18-8-10-28-13-15-29(21-36)16-14-28/h5-7,11-17,19-20,23-24,38-39H,3-4,8-10,18,22,25H2,1-2H3/b26-20+. The predicted molar refractivity (Wildman–Crippen MR) is 171 cm³/mol. The van der Waals surface area contributed by atoms with E-state index in [0.717, 1.165) is 53.6 Å². The number of nitrogens with zero attached hydrogens (tertiary/aromatic N) is 4. The molecule has 4 rings (SSSR count). The molecule has 0 unspecified atom stereocenters. The number of hydrogen-bond donors (Lipinski definition) is 2. The normalized spacial score (nSPS) is 11.1. The molecule has 0 saturated carbocycles. The smallest absolute Gasteiger partial charge is 0.277 e. The van der Waals surface area contributed by atoms with E-state index in [9.17, 15) is 4.79 Å². The molecule has 0 fully saturated rings. The van der Waals surface area contributed by atoms with E-state index >= 15 is 0 Å². The molecule has 0 aliphatic heterocycles. The maximum absolute atomic E-state index is 13.7. The zero-order valence-corrected chi connectivity index (χ0v) is 24.4. The van der Waals surface area contributed by atoms with Gasteiger partial charge >= 0.3 is 0 Å². The SMILES string of the molecule is C=C(Cn1c(-c2ccccc2)ncc(NCCCc2ccc(C#N)cc2)c1=O)NC/C(C)=C/c1cnccc1CCC. The largest absolute Gasteiger partial charge is 0.384 e. The zero-order chi connectivity index (χ0) is 29.7. The van der Waals surface area contributed by atoms with Gasteiger partial charge in [-0.15, -0.1) is 0 Å². The average Bonchev–Trinajstić information content (AvgIpc) is 3.01. The van der Waals surface area contributed by atoms with E-state index < -0.39 is 0 Å². The van der Waals surface area contributed by atoms with Crippen LogP contribution in [0.2, 0.25) is 0 Å². The Morgan fingerprint density at radius 1 is 1.07 bits per heavy atom. The molecule has 0 atom stereocenters. The Morgan fingerprint density at radius 2 is 1.86 bits per heavy atom. The van der Waals surface area contributed by atoms with Gasteiger partial charge in [-0.2, -0.15) is 5.26 Å². The van der Waals surface area contributed by atoms with Crippen LogP contribution in [0.3, 0.4) is 0 Å². The summed E-state index contributed by atoms with van der Waals surface area (Å²) in [4.78, 5) is 22.6. The van der Waals surface area contributed by atoms with E-state index in [1.54, 1.807) is 10.8 Å². The van der Waals surface area contributed by atoms with Gasteiger partial charge in [0.1, 0.15) is 11.5 Å². The van der Waals surface area contributed by atoms with Gasteiger partial charge in [0.2, 0.25) is 0 Å². The third-order valence-corrected chi connectivity index (χ3v) is 6.95. The fourth-order valence-corrected chi connectivity index (χ4v) is 4.73. The molecule has 2 aromatic carbocycles. The third kappa shape index (κ3) is 8.28. The highest BCUT2D eigenvalue weighted by Gasteiger charge is 2.13. The minimum absolute atomic E-state index is 0.142. The number of hydrogen-bond acceptors (Lipinski definition) is 6. The first-order chi connectivity index (χ1) is 20.5. The number of nitriles is 1. The Morgan fingerprint density at radius 3 is 2.60 bits per heavy atom. The number of rotatable bonds is 14. The summed E-state index contributed by atoms with van der Waals surface area (Å²) in [7, 11) is 0. The molecule has 2 aromatic heterocycles. The van der Waals surface area contributed by atoms with Crippen LogP contribution in [0.5, 0.6) is 0 Å². The summed E-state index contributed by atoms with van der Waals surface area (Å²) in [6.07, 6.45) is 11.3. The molecule has 4 aromatic rings. The lowest BCUT2D eigenvalue weighted by Crippen LogP contribution is -2.30. The monoisotopic (exact) mass is 558 g/mol. The van der Waals surface area contributed by atoms with Crippen LogP contribution in [-0.2, 0) is 19.4 Å². The predicted octanol–water partition coefficient (Wildman–Crippen LogP) is 6.38. The van der Waals surface area contributed by atoms with E-state index in [4.69, 9.17) is 5.26 Å². The van der Waals surface area contributed by atoms with E-state index in [0.29, 0.717) is 30.2 Å². The summed E-state index contributed by atoms with van der Waals surface area (Å²) in [5, 5.41) is 15.7. The molecule has 2 N–H and O–H groups in total. The van der Waals surface area contributed by atoms with Crippen molar-refractivity contribution in [1.29, 1.82) is 5.26 Å². The Kier molecular flexibility index (Phi) is 10.8. The third-order valence-electron chi connectivity index (χ3n) is 6.95. The van der Waals surface area contributed by atoms with Crippen LogP contribution in [0.15, 0.2) is 102 Å². The first-order valence-corrected chi connectivity index (χ1v) is 14.4. The van der Waals surface area contributed by atoms with Gasteiger partial charge in [-0.05, 0) is 61.1 Å². The molecular weight excluding hydrogens is 520 g/mol. The summed E-state index contributed by atoms with van der Waals surface area (Å²) in [5.74, 6) is 0.596. The molecule has 0 spiro atoms. The van der Waals surface area contributed by atoms with Crippen LogP contribution in [0.4, 0.5) is 5.69 Å². The number of benzene rings is 2. The first-order valence-electron chi connectivity index (χ1n) is 14.4.